The van der Waals surface area contributed by atoms with Crippen LogP contribution in [0.4, 0.5) is 5.69 Å². The van der Waals surface area contributed by atoms with Crippen molar-refractivity contribution in [3.05, 3.63) is 59.2 Å². The van der Waals surface area contributed by atoms with Crippen LogP contribution in [0, 0.1) is 23.7 Å². The minimum atomic E-state index is -4.09. The van der Waals surface area contributed by atoms with E-state index in [4.69, 9.17) is 21.1 Å². The van der Waals surface area contributed by atoms with E-state index in [-0.39, 0.29) is 23.5 Å². The molecule has 6 atom stereocenters. The number of amides is 2. The average Bonchev–Trinajstić information content (AvgIpc) is 3.83. The molecule has 49 heavy (non-hydrogen) atoms. The maximum Gasteiger partial charge on any atom is 0.270 e. The molecular formula is C37H50ClN3O7S. The molecule has 268 valence electrons. The van der Waals surface area contributed by atoms with Crippen LogP contribution in [0.25, 0.3) is 0 Å². The van der Waals surface area contributed by atoms with Crippen molar-refractivity contribution in [2.75, 3.05) is 45.3 Å². The fraction of sp³-hybridized carbons (Fsp3) is 0.622. The first kappa shape index (κ1) is 35.9. The van der Waals surface area contributed by atoms with E-state index in [1.54, 1.807) is 39.3 Å². The number of hydrogen-bond donors (Lipinski definition) is 2. The first-order valence-electron chi connectivity index (χ1n) is 17.6. The van der Waals surface area contributed by atoms with Crippen molar-refractivity contribution in [1.29, 1.82) is 0 Å². The maximum absolute atomic E-state index is 14.0. The maximum atomic E-state index is 14.0. The summed E-state index contributed by atoms with van der Waals surface area (Å²) in [5, 5.41) is 13.0. The van der Waals surface area contributed by atoms with Crippen molar-refractivity contribution in [2.24, 2.45) is 23.7 Å². The molecule has 2 fully saturated rings. The molecule has 3 aliphatic carbocycles. The molecule has 2 saturated carbocycles. The van der Waals surface area contributed by atoms with Crippen molar-refractivity contribution in [2.45, 2.75) is 81.2 Å². The number of fused-ring (bicyclic) bond motifs is 3. The van der Waals surface area contributed by atoms with Gasteiger partial charge in [-0.1, -0.05) is 48.4 Å². The molecule has 10 nitrogen and oxygen atoms in total. The number of ether oxygens (including phenoxy) is 2. The molecule has 1 aromatic carbocycles. The lowest BCUT2D eigenvalue weighted by Gasteiger charge is -2.43. The monoisotopic (exact) mass is 715 g/mol. The van der Waals surface area contributed by atoms with Gasteiger partial charge in [0.05, 0.1) is 29.6 Å². The van der Waals surface area contributed by atoms with Crippen LogP contribution >= 0.6 is 11.6 Å². The Bertz CT molecular complexity index is 1620. The molecule has 2 amide bonds. The SMILES string of the molecule is CO[C@H]1/C=C/CCN(C)C(=O)C[C@](O)(C(=O)NS(=O)(=O)C2(C)CC2)c2ccc3c(c2)N(CCCCC2C=C(Cl)C=CC2CO3)C[C@@H]2CC[C@H]21. The van der Waals surface area contributed by atoms with Gasteiger partial charge in [0.1, 0.15) is 5.75 Å². The summed E-state index contributed by atoms with van der Waals surface area (Å²) in [5.74, 6) is 0.0163. The van der Waals surface area contributed by atoms with Crippen LogP contribution in [0.1, 0.15) is 70.3 Å². The molecule has 2 N–H and O–H groups in total. The summed E-state index contributed by atoms with van der Waals surface area (Å²) in [7, 11) is -0.731. The van der Waals surface area contributed by atoms with Gasteiger partial charge in [-0.25, -0.2) is 13.1 Å². The number of carbonyl (C=O) groups excluding carboxylic acids is 2. The van der Waals surface area contributed by atoms with Crippen molar-refractivity contribution in [1.82, 2.24) is 9.62 Å². The topological polar surface area (TPSA) is 125 Å². The van der Waals surface area contributed by atoms with E-state index in [2.05, 4.69) is 27.9 Å². The zero-order chi connectivity index (χ0) is 35.0. The standard InChI is InChI=1S/C37H50ClN3O7S/c1-36(16-17-36)49(45,46)39-35(43)37(44)22-34(42)40(2)18-6-5-9-32(47-3)30-14-11-26(30)23-41-19-7-4-8-25-20-29(38)13-10-27(25)24-48-33-15-12-28(37)21-31(33)41/h5,9-10,12-13,15,20-21,25-27,30,32,44H,4,6-8,11,14,16-19,22-24H2,1-3H3,(H,39,43)/b9-5+/t25?,26-,27?,30+,32-,37+/m0/s1. The fourth-order valence-corrected chi connectivity index (χ4v) is 9.07. The number of carbonyl (C=O) groups is 2. The summed E-state index contributed by atoms with van der Waals surface area (Å²) in [6, 6.07) is 5.05. The van der Waals surface area contributed by atoms with E-state index in [0.717, 1.165) is 43.7 Å². The Morgan fingerprint density at radius 3 is 2.63 bits per heavy atom. The highest BCUT2D eigenvalue weighted by atomic mass is 35.5. The Morgan fingerprint density at radius 1 is 1.12 bits per heavy atom. The van der Waals surface area contributed by atoms with Crippen LogP contribution < -0.4 is 14.4 Å². The van der Waals surface area contributed by atoms with E-state index in [9.17, 15) is 23.1 Å². The second-order valence-electron chi connectivity index (χ2n) is 14.8. The first-order valence-corrected chi connectivity index (χ1v) is 19.5. The molecule has 2 unspecified atom stereocenters. The summed E-state index contributed by atoms with van der Waals surface area (Å²) in [5.41, 5.74) is -1.61. The Hall–Kier alpha value is -2.86. The largest absolute Gasteiger partial charge is 0.491 e. The molecule has 0 radical (unpaired) electrons. The highest BCUT2D eigenvalue weighted by Gasteiger charge is 2.53. The molecule has 12 heteroatoms. The number of anilines is 1. The Labute approximate surface area is 295 Å². The lowest BCUT2D eigenvalue weighted by Crippen LogP contribution is -2.51. The zero-order valence-corrected chi connectivity index (χ0v) is 30.3. The van der Waals surface area contributed by atoms with Gasteiger partial charge in [-0.3, -0.25) is 9.59 Å². The van der Waals surface area contributed by atoms with Gasteiger partial charge in [0, 0.05) is 44.7 Å². The van der Waals surface area contributed by atoms with Crippen molar-refractivity contribution in [3.8, 4) is 5.75 Å². The number of hydrogen-bond acceptors (Lipinski definition) is 8. The molecule has 0 spiro atoms. The summed E-state index contributed by atoms with van der Waals surface area (Å²) in [6.45, 7) is 3.77. The minimum Gasteiger partial charge on any atom is -0.491 e. The van der Waals surface area contributed by atoms with E-state index < -0.39 is 38.6 Å². The summed E-state index contributed by atoms with van der Waals surface area (Å²) in [4.78, 5) is 31.4. The number of methoxy groups -OCH3 is 1. The normalized spacial score (nSPS) is 32.6. The molecule has 2 heterocycles. The van der Waals surface area contributed by atoms with Gasteiger partial charge in [-0.05, 0) is 93.4 Å². The average molecular weight is 716 g/mol. The Balaban J connectivity index is 1.43. The second-order valence-corrected chi connectivity index (χ2v) is 17.5. The van der Waals surface area contributed by atoms with Gasteiger partial charge < -0.3 is 24.4 Å². The van der Waals surface area contributed by atoms with Crippen LogP contribution in [0.15, 0.2) is 53.6 Å². The smallest absolute Gasteiger partial charge is 0.270 e. The lowest BCUT2D eigenvalue weighted by atomic mass is 9.70. The van der Waals surface area contributed by atoms with Crippen LogP contribution in [-0.4, -0.2) is 81.5 Å². The molecular weight excluding hydrogens is 666 g/mol. The summed E-state index contributed by atoms with van der Waals surface area (Å²) >= 11 is 6.40. The molecule has 0 saturated heterocycles. The summed E-state index contributed by atoms with van der Waals surface area (Å²) in [6.07, 6.45) is 15.9. The zero-order valence-electron chi connectivity index (χ0n) is 28.8. The molecule has 5 aliphatic rings. The van der Waals surface area contributed by atoms with Gasteiger partial charge in [-0.15, -0.1) is 0 Å². The molecule has 6 rings (SSSR count). The predicted octanol–water partition coefficient (Wildman–Crippen LogP) is 5.02. The minimum absolute atomic E-state index is 0.0471. The van der Waals surface area contributed by atoms with Crippen molar-refractivity contribution >= 4 is 39.1 Å². The highest BCUT2D eigenvalue weighted by molar-refractivity contribution is 7.91. The van der Waals surface area contributed by atoms with Gasteiger partial charge in [0.2, 0.25) is 15.9 Å². The second kappa shape index (κ2) is 14.4. The van der Waals surface area contributed by atoms with Crippen molar-refractivity contribution in [3.63, 3.8) is 0 Å². The number of rotatable bonds is 4. The summed E-state index contributed by atoms with van der Waals surface area (Å²) < 4.78 is 40.0. The Kier molecular flexibility index (Phi) is 10.6. The number of sulfonamides is 1. The number of nitrogens with one attached hydrogen (secondary N) is 1. The van der Waals surface area contributed by atoms with E-state index in [0.29, 0.717) is 62.2 Å². The predicted molar refractivity (Wildman–Crippen MR) is 190 cm³/mol. The van der Waals surface area contributed by atoms with Crippen LogP contribution in [0.3, 0.4) is 0 Å². The number of benzene rings is 1. The fourth-order valence-electron chi connectivity index (χ4n) is 7.54. The third-order valence-electron chi connectivity index (χ3n) is 11.5. The number of aliphatic hydroxyl groups is 1. The van der Waals surface area contributed by atoms with Gasteiger partial charge in [0.25, 0.3) is 5.91 Å². The van der Waals surface area contributed by atoms with Crippen LogP contribution in [0.5, 0.6) is 5.75 Å². The number of nitrogens with zero attached hydrogens (tertiary/aromatic N) is 2. The first-order chi connectivity index (χ1) is 23.3. The number of allylic oxidation sites excluding steroid dienone is 3. The quantitative estimate of drug-likeness (QED) is 0.417. The lowest BCUT2D eigenvalue weighted by molar-refractivity contribution is -0.148. The molecule has 2 aliphatic heterocycles. The highest BCUT2D eigenvalue weighted by Crippen LogP contribution is 2.45. The third kappa shape index (κ3) is 7.60. The van der Waals surface area contributed by atoms with E-state index in [1.807, 2.05) is 12.2 Å². The van der Waals surface area contributed by atoms with Gasteiger partial charge in [-0.2, -0.15) is 0 Å². The third-order valence-corrected chi connectivity index (χ3v) is 13.9. The van der Waals surface area contributed by atoms with Gasteiger partial charge >= 0.3 is 0 Å². The van der Waals surface area contributed by atoms with E-state index >= 15 is 0 Å². The van der Waals surface area contributed by atoms with Crippen LogP contribution in [-0.2, 0) is 30.0 Å². The molecule has 2 bridgehead atoms. The molecule has 1 aromatic rings. The van der Waals surface area contributed by atoms with Crippen LogP contribution in [0.2, 0.25) is 0 Å². The van der Waals surface area contributed by atoms with E-state index in [1.165, 1.54) is 4.90 Å². The van der Waals surface area contributed by atoms with Gasteiger partial charge in [0.15, 0.2) is 5.60 Å². The van der Waals surface area contributed by atoms with Crippen molar-refractivity contribution < 1.29 is 32.6 Å². The number of halogens is 1. The molecule has 0 aromatic heterocycles. The Morgan fingerprint density at radius 2 is 1.92 bits per heavy atom.